The minimum Gasteiger partial charge on any atom is -0.379 e. The standard InChI is InChI=1S/C17H34N4O2.HI/c1-14(2)15(21-7-10-22-11-8-21)12-19-16(18-4)20-13-17(3)6-5-9-23-17;/h14-15H,5-13H2,1-4H3,(H2,18,19,20);1H. The molecule has 7 heteroatoms. The van der Waals surface area contributed by atoms with Crippen LogP contribution in [-0.2, 0) is 9.47 Å². The topological polar surface area (TPSA) is 58.1 Å². The number of halogens is 1. The maximum atomic E-state index is 5.83. The summed E-state index contributed by atoms with van der Waals surface area (Å²) in [6.07, 6.45) is 2.26. The summed E-state index contributed by atoms with van der Waals surface area (Å²) in [7, 11) is 1.83. The zero-order chi connectivity index (χ0) is 16.7. The maximum absolute atomic E-state index is 5.83. The molecule has 0 aromatic carbocycles. The summed E-state index contributed by atoms with van der Waals surface area (Å²) in [5, 5.41) is 6.91. The highest BCUT2D eigenvalue weighted by atomic mass is 127. The van der Waals surface area contributed by atoms with Crippen LogP contribution in [0.15, 0.2) is 4.99 Å². The Kier molecular flexibility index (Phi) is 9.84. The SMILES string of the molecule is CN=C(NCC(C(C)C)N1CCOCC1)NCC1(C)CCCO1.I. The van der Waals surface area contributed by atoms with E-state index in [0.717, 1.165) is 64.8 Å². The molecular formula is C17H35IN4O2. The van der Waals surface area contributed by atoms with Crippen LogP contribution in [0.4, 0.5) is 0 Å². The smallest absolute Gasteiger partial charge is 0.191 e. The maximum Gasteiger partial charge on any atom is 0.191 e. The predicted octanol–water partition coefficient (Wildman–Crippen LogP) is 1.70. The first kappa shape index (κ1) is 21.9. The molecule has 0 aromatic rings. The molecule has 2 fully saturated rings. The molecule has 2 unspecified atom stereocenters. The van der Waals surface area contributed by atoms with Crippen molar-refractivity contribution in [3.05, 3.63) is 0 Å². The van der Waals surface area contributed by atoms with Gasteiger partial charge in [-0.2, -0.15) is 0 Å². The molecule has 0 bridgehead atoms. The Hall–Kier alpha value is -0.120. The summed E-state index contributed by atoms with van der Waals surface area (Å²) in [6.45, 7) is 13.0. The quantitative estimate of drug-likeness (QED) is 0.364. The Balaban J connectivity index is 0.00000288. The number of morpholine rings is 1. The van der Waals surface area contributed by atoms with E-state index < -0.39 is 0 Å². The molecule has 0 amide bonds. The van der Waals surface area contributed by atoms with Gasteiger partial charge in [0.15, 0.2) is 5.96 Å². The van der Waals surface area contributed by atoms with Gasteiger partial charge in [0.1, 0.15) is 0 Å². The molecule has 2 rings (SSSR count). The van der Waals surface area contributed by atoms with Gasteiger partial charge in [-0.3, -0.25) is 9.89 Å². The molecule has 0 saturated carbocycles. The second-order valence-corrected chi connectivity index (χ2v) is 7.17. The number of hydrogen-bond acceptors (Lipinski definition) is 4. The predicted molar refractivity (Wildman–Crippen MR) is 109 cm³/mol. The molecule has 24 heavy (non-hydrogen) atoms. The summed E-state index contributed by atoms with van der Waals surface area (Å²) in [6, 6.07) is 0.496. The normalized spacial score (nSPS) is 27.0. The van der Waals surface area contributed by atoms with E-state index >= 15 is 0 Å². The number of rotatable bonds is 6. The first-order chi connectivity index (χ1) is 11.0. The lowest BCUT2D eigenvalue weighted by Crippen LogP contribution is -2.53. The van der Waals surface area contributed by atoms with Gasteiger partial charge in [-0.1, -0.05) is 13.8 Å². The summed E-state index contributed by atoms with van der Waals surface area (Å²) >= 11 is 0. The second-order valence-electron chi connectivity index (χ2n) is 7.17. The molecule has 6 nitrogen and oxygen atoms in total. The fraction of sp³-hybridized carbons (Fsp3) is 0.941. The van der Waals surface area contributed by atoms with Crippen LogP contribution in [0.2, 0.25) is 0 Å². The Morgan fingerprint density at radius 3 is 2.46 bits per heavy atom. The van der Waals surface area contributed by atoms with E-state index in [-0.39, 0.29) is 29.6 Å². The van der Waals surface area contributed by atoms with Gasteiger partial charge in [0.2, 0.25) is 0 Å². The third-order valence-electron chi connectivity index (χ3n) is 4.92. The Bertz CT molecular complexity index is 381. The van der Waals surface area contributed by atoms with Crippen molar-refractivity contribution in [1.82, 2.24) is 15.5 Å². The number of nitrogens with one attached hydrogen (secondary N) is 2. The Labute approximate surface area is 164 Å². The van der Waals surface area contributed by atoms with Crippen molar-refractivity contribution >= 4 is 29.9 Å². The molecule has 2 aliphatic heterocycles. The van der Waals surface area contributed by atoms with Crippen molar-refractivity contribution in [2.24, 2.45) is 10.9 Å². The van der Waals surface area contributed by atoms with Gasteiger partial charge < -0.3 is 20.1 Å². The molecule has 2 atom stereocenters. The monoisotopic (exact) mass is 454 g/mol. The lowest BCUT2D eigenvalue weighted by Gasteiger charge is -2.37. The largest absolute Gasteiger partial charge is 0.379 e. The van der Waals surface area contributed by atoms with E-state index in [1.807, 2.05) is 7.05 Å². The Morgan fingerprint density at radius 1 is 1.21 bits per heavy atom. The first-order valence-corrected chi connectivity index (χ1v) is 8.94. The van der Waals surface area contributed by atoms with E-state index in [1.165, 1.54) is 0 Å². The molecule has 142 valence electrons. The summed E-state index contributed by atoms with van der Waals surface area (Å²) in [5.41, 5.74) is -0.0563. The van der Waals surface area contributed by atoms with Gasteiger partial charge in [0.05, 0.1) is 18.8 Å². The van der Waals surface area contributed by atoms with Gasteiger partial charge in [0.25, 0.3) is 0 Å². The highest BCUT2D eigenvalue weighted by Gasteiger charge is 2.30. The van der Waals surface area contributed by atoms with Crippen molar-refractivity contribution < 1.29 is 9.47 Å². The molecule has 0 aliphatic carbocycles. The van der Waals surface area contributed by atoms with Crippen molar-refractivity contribution in [3.63, 3.8) is 0 Å². The van der Waals surface area contributed by atoms with Crippen LogP contribution >= 0.6 is 24.0 Å². The van der Waals surface area contributed by atoms with Crippen LogP contribution in [0.5, 0.6) is 0 Å². The van der Waals surface area contributed by atoms with Crippen LogP contribution in [0.3, 0.4) is 0 Å². The van der Waals surface area contributed by atoms with Gasteiger partial charge >= 0.3 is 0 Å². The van der Waals surface area contributed by atoms with E-state index in [1.54, 1.807) is 0 Å². The van der Waals surface area contributed by atoms with Crippen LogP contribution in [0.1, 0.15) is 33.6 Å². The molecular weight excluding hydrogens is 419 g/mol. The minimum atomic E-state index is -0.0563. The van der Waals surface area contributed by atoms with Crippen molar-refractivity contribution in [3.8, 4) is 0 Å². The number of ether oxygens (including phenoxy) is 2. The molecule has 2 heterocycles. The van der Waals surface area contributed by atoms with Gasteiger partial charge in [-0.15, -0.1) is 24.0 Å². The van der Waals surface area contributed by atoms with Crippen molar-refractivity contribution in [2.75, 3.05) is 53.0 Å². The third kappa shape index (κ3) is 6.65. The number of aliphatic imine (C=N–C) groups is 1. The van der Waals surface area contributed by atoms with Gasteiger partial charge in [-0.05, 0) is 25.7 Å². The number of guanidine groups is 1. The molecule has 0 spiro atoms. The summed E-state index contributed by atoms with van der Waals surface area (Å²) in [4.78, 5) is 6.88. The van der Waals surface area contributed by atoms with E-state index in [9.17, 15) is 0 Å². The number of hydrogen-bond donors (Lipinski definition) is 2. The van der Waals surface area contributed by atoms with Crippen molar-refractivity contribution in [2.45, 2.75) is 45.3 Å². The van der Waals surface area contributed by atoms with Crippen LogP contribution < -0.4 is 10.6 Å². The Morgan fingerprint density at radius 2 is 1.92 bits per heavy atom. The van der Waals surface area contributed by atoms with Crippen LogP contribution in [0.25, 0.3) is 0 Å². The second kappa shape index (κ2) is 10.8. The van der Waals surface area contributed by atoms with Gasteiger partial charge in [0, 0.05) is 45.9 Å². The molecule has 2 saturated heterocycles. The van der Waals surface area contributed by atoms with E-state index in [4.69, 9.17) is 9.47 Å². The van der Waals surface area contributed by atoms with E-state index in [2.05, 4.69) is 41.3 Å². The third-order valence-corrected chi connectivity index (χ3v) is 4.92. The first-order valence-electron chi connectivity index (χ1n) is 8.94. The minimum absolute atomic E-state index is 0. The van der Waals surface area contributed by atoms with E-state index in [0.29, 0.717) is 12.0 Å². The fourth-order valence-corrected chi connectivity index (χ4v) is 3.36. The average molecular weight is 454 g/mol. The number of nitrogens with zero attached hydrogens (tertiary/aromatic N) is 2. The fourth-order valence-electron chi connectivity index (χ4n) is 3.36. The summed E-state index contributed by atoms with van der Waals surface area (Å²) in [5.74, 6) is 1.45. The lowest BCUT2D eigenvalue weighted by molar-refractivity contribution is 0.00737. The summed E-state index contributed by atoms with van der Waals surface area (Å²) < 4.78 is 11.3. The molecule has 2 aliphatic rings. The zero-order valence-electron chi connectivity index (χ0n) is 15.6. The molecule has 2 N–H and O–H groups in total. The van der Waals surface area contributed by atoms with Crippen molar-refractivity contribution in [1.29, 1.82) is 0 Å². The average Bonchev–Trinajstić information content (AvgIpc) is 2.98. The van der Waals surface area contributed by atoms with Gasteiger partial charge in [-0.25, -0.2) is 0 Å². The van der Waals surface area contributed by atoms with Crippen LogP contribution in [-0.4, -0.2) is 75.5 Å². The molecule has 0 aromatic heterocycles. The highest BCUT2D eigenvalue weighted by Crippen LogP contribution is 2.23. The highest BCUT2D eigenvalue weighted by molar-refractivity contribution is 14.0. The molecule has 0 radical (unpaired) electrons. The van der Waals surface area contributed by atoms with Crippen LogP contribution in [0, 0.1) is 5.92 Å². The lowest BCUT2D eigenvalue weighted by atomic mass is 10.0. The zero-order valence-corrected chi connectivity index (χ0v) is 18.0.